The molecule has 3 aromatic rings. The fourth-order valence-corrected chi connectivity index (χ4v) is 3.75. The first kappa shape index (κ1) is 25.5. The van der Waals surface area contributed by atoms with E-state index in [1.807, 2.05) is 6.92 Å². The molecule has 37 heavy (non-hydrogen) atoms. The maximum Gasteiger partial charge on any atom is 0.335 e. The van der Waals surface area contributed by atoms with Gasteiger partial charge in [0.25, 0.3) is 11.8 Å². The number of rotatable bonds is 8. The first-order chi connectivity index (χ1) is 17.8. The number of hydrogen-bond acceptors (Lipinski definition) is 6. The number of amides is 4. The second kappa shape index (κ2) is 11.0. The van der Waals surface area contributed by atoms with Crippen LogP contribution in [0.4, 0.5) is 10.5 Å². The number of aromatic carboxylic acids is 1. The van der Waals surface area contributed by atoms with Crippen molar-refractivity contribution in [1.82, 2.24) is 5.32 Å². The summed E-state index contributed by atoms with van der Waals surface area (Å²) in [6.45, 7) is 2.39. The van der Waals surface area contributed by atoms with Gasteiger partial charge in [-0.15, -0.1) is 0 Å². The lowest BCUT2D eigenvalue weighted by atomic mass is 10.1. The monoisotopic (exact) mass is 520 g/mol. The second-order valence-electron chi connectivity index (χ2n) is 7.86. The third-order valence-electron chi connectivity index (χ3n) is 5.37. The van der Waals surface area contributed by atoms with Gasteiger partial charge in [-0.3, -0.25) is 14.9 Å². The number of carboxylic acid groups (broad SMARTS) is 1. The van der Waals surface area contributed by atoms with Crippen LogP contribution in [0.15, 0.2) is 72.3 Å². The second-order valence-corrected chi connectivity index (χ2v) is 8.29. The van der Waals surface area contributed by atoms with Crippen LogP contribution in [-0.4, -0.2) is 35.5 Å². The van der Waals surface area contributed by atoms with Gasteiger partial charge in [-0.1, -0.05) is 23.7 Å². The number of anilines is 1. The van der Waals surface area contributed by atoms with Crippen molar-refractivity contribution in [2.24, 2.45) is 0 Å². The van der Waals surface area contributed by atoms with Gasteiger partial charge in [0, 0.05) is 10.6 Å². The Morgan fingerprint density at radius 1 is 1.00 bits per heavy atom. The molecule has 0 atom stereocenters. The van der Waals surface area contributed by atoms with Gasteiger partial charge in [0.2, 0.25) is 0 Å². The van der Waals surface area contributed by atoms with Gasteiger partial charge < -0.3 is 14.6 Å². The number of urea groups is 1. The summed E-state index contributed by atoms with van der Waals surface area (Å²) in [5.41, 5.74) is 1.17. The Balaban J connectivity index is 1.61. The average molecular weight is 521 g/mol. The van der Waals surface area contributed by atoms with Crippen molar-refractivity contribution in [3.63, 3.8) is 0 Å². The Morgan fingerprint density at radius 2 is 1.70 bits per heavy atom. The van der Waals surface area contributed by atoms with E-state index in [4.69, 9.17) is 26.2 Å². The highest BCUT2D eigenvalue weighted by atomic mass is 35.5. The third kappa shape index (κ3) is 5.79. The number of carboxylic acids is 1. The van der Waals surface area contributed by atoms with Crippen LogP contribution in [-0.2, 0) is 16.2 Å². The number of benzene rings is 3. The van der Waals surface area contributed by atoms with Crippen molar-refractivity contribution in [3.05, 3.63) is 94.0 Å². The van der Waals surface area contributed by atoms with Gasteiger partial charge in [-0.05, 0) is 73.2 Å². The molecule has 2 N–H and O–H groups in total. The lowest BCUT2D eigenvalue weighted by molar-refractivity contribution is -0.122. The highest BCUT2D eigenvalue weighted by molar-refractivity contribution is 6.39. The van der Waals surface area contributed by atoms with E-state index in [2.05, 4.69) is 5.32 Å². The van der Waals surface area contributed by atoms with Crippen LogP contribution in [0.3, 0.4) is 0 Å². The lowest BCUT2D eigenvalue weighted by Crippen LogP contribution is -2.54. The van der Waals surface area contributed by atoms with Crippen molar-refractivity contribution in [1.29, 1.82) is 0 Å². The van der Waals surface area contributed by atoms with Gasteiger partial charge in [0.1, 0.15) is 23.7 Å². The van der Waals surface area contributed by atoms with Crippen molar-refractivity contribution in [2.45, 2.75) is 13.5 Å². The maximum atomic E-state index is 13.2. The topological polar surface area (TPSA) is 122 Å². The van der Waals surface area contributed by atoms with E-state index in [1.165, 1.54) is 24.3 Å². The molecule has 1 heterocycles. The molecular formula is C27H21ClN2O7. The molecule has 3 aromatic carbocycles. The molecule has 4 rings (SSSR count). The van der Waals surface area contributed by atoms with Crippen LogP contribution in [0, 0.1) is 0 Å². The average Bonchev–Trinajstić information content (AvgIpc) is 2.87. The Hall–Kier alpha value is -4.63. The summed E-state index contributed by atoms with van der Waals surface area (Å²) in [6, 6.07) is 16.3. The Morgan fingerprint density at radius 3 is 2.35 bits per heavy atom. The Labute approximate surface area is 216 Å². The summed E-state index contributed by atoms with van der Waals surface area (Å²) in [6.07, 6.45) is 1.31. The van der Waals surface area contributed by atoms with Gasteiger partial charge >= 0.3 is 12.0 Å². The fraction of sp³-hybridized carbons (Fsp3) is 0.111. The maximum absolute atomic E-state index is 13.2. The predicted octanol–water partition coefficient (Wildman–Crippen LogP) is 4.68. The molecule has 1 saturated heterocycles. The van der Waals surface area contributed by atoms with Crippen molar-refractivity contribution in [2.75, 3.05) is 11.5 Å². The molecule has 10 heteroatoms. The van der Waals surface area contributed by atoms with Crippen molar-refractivity contribution in [3.8, 4) is 11.5 Å². The lowest BCUT2D eigenvalue weighted by Gasteiger charge is -2.26. The molecule has 0 bridgehead atoms. The van der Waals surface area contributed by atoms with Crippen LogP contribution in [0.2, 0.25) is 5.02 Å². The van der Waals surface area contributed by atoms with Crippen LogP contribution in [0.1, 0.15) is 28.4 Å². The zero-order valence-corrected chi connectivity index (χ0v) is 20.3. The number of imide groups is 2. The Kier molecular flexibility index (Phi) is 7.55. The highest BCUT2D eigenvalue weighted by Gasteiger charge is 2.37. The normalized spacial score (nSPS) is 14.5. The summed E-state index contributed by atoms with van der Waals surface area (Å²) < 4.78 is 11.3. The minimum Gasteiger partial charge on any atom is -0.494 e. The first-order valence-corrected chi connectivity index (χ1v) is 11.5. The van der Waals surface area contributed by atoms with Gasteiger partial charge in [0.05, 0.1) is 17.9 Å². The number of nitrogens with zero attached hydrogens (tertiary/aromatic N) is 1. The van der Waals surface area contributed by atoms with Crippen LogP contribution in [0.25, 0.3) is 6.08 Å². The number of carbonyl (C=O) groups excluding carboxylic acids is 3. The molecule has 0 unspecified atom stereocenters. The summed E-state index contributed by atoms with van der Waals surface area (Å²) >= 11 is 6.16. The molecule has 4 amide bonds. The van der Waals surface area contributed by atoms with E-state index in [9.17, 15) is 19.2 Å². The number of halogens is 1. The van der Waals surface area contributed by atoms with Crippen LogP contribution >= 0.6 is 11.6 Å². The zero-order valence-electron chi connectivity index (χ0n) is 19.6. The molecule has 0 radical (unpaired) electrons. The van der Waals surface area contributed by atoms with Gasteiger partial charge in [-0.2, -0.15) is 0 Å². The van der Waals surface area contributed by atoms with E-state index in [-0.39, 0.29) is 23.4 Å². The quantitative estimate of drug-likeness (QED) is 0.326. The molecule has 0 aliphatic carbocycles. The molecule has 1 aliphatic heterocycles. The van der Waals surface area contributed by atoms with E-state index >= 15 is 0 Å². The molecule has 0 saturated carbocycles. The predicted molar refractivity (Wildman–Crippen MR) is 136 cm³/mol. The van der Waals surface area contributed by atoms with Crippen molar-refractivity contribution >= 4 is 47.2 Å². The van der Waals surface area contributed by atoms with E-state index < -0.39 is 23.8 Å². The van der Waals surface area contributed by atoms with Gasteiger partial charge in [0.15, 0.2) is 0 Å². The molecule has 1 fully saturated rings. The smallest absolute Gasteiger partial charge is 0.335 e. The van der Waals surface area contributed by atoms with Crippen molar-refractivity contribution < 1.29 is 33.8 Å². The zero-order chi connectivity index (χ0) is 26.5. The molecule has 9 nitrogen and oxygen atoms in total. The van der Waals surface area contributed by atoms with Gasteiger partial charge in [-0.25, -0.2) is 14.5 Å². The fourth-order valence-electron chi connectivity index (χ4n) is 3.57. The largest absolute Gasteiger partial charge is 0.494 e. The summed E-state index contributed by atoms with van der Waals surface area (Å²) in [5.74, 6) is -1.81. The van der Waals surface area contributed by atoms with E-state index in [1.54, 1.807) is 48.5 Å². The first-order valence-electron chi connectivity index (χ1n) is 11.2. The molecule has 0 aromatic heterocycles. The molecule has 0 spiro atoms. The third-order valence-corrected chi connectivity index (χ3v) is 5.61. The molecule has 1 aliphatic rings. The van der Waals surface area contributed by atoms with E-state index in [0.29, 0.717) is 34.3 Å². The molecule has 188 valence electrons. The van der Waals surface area contributed by atoms with Crippen LogP contribution in [0.5, 0.6) is 11.5 Å². The molecular weight excluding hydrogens is 500 g/mol. The summed E-state index contributed by atoms with van der Waals surface area (Å²) in [5, 5.41) is 11.6. The highest BCUT2D eigenvalue weighted by Crippen LogP contribution is 2.29. The summed E-state index contributed by atoms with van der Waals surface area (Å²) in [4.78, 5) is 50.3. The summed E-state index contributed by atoms with van der Waals surface area (Å²) in [7, 11) is 0. The van der Waals surface area contributed by atoms with E-state index in [0.717, 1.165) is 4.90 Å². The number of hydrogen-bond donors (Lipinski definition) is 2. The number of nitrogens with one attached hydrogen (secondary N) is 1. The number of barbiturate groups is 1. The SMILES string of the molecule is CCOc1ccc(N2C(=O)NC(=O)/C(=C\c3cc(Cl)ccc3OCc3ccc(C(=O)O)cc3)C2=O)cc1. The Bertz CT molecular complexity index is 1400. The van der Waals surface area contributed by atoms with Crippen LogP contribution < -0.4 is 19.7 Å². The number of carbonyl (C=O) groups is 4. The minimum atomic E-state index is -1.03. The number of ether oxygens (including phenoxy) is 2. The standard InChI is InChI=1S/C27H21ClN2O7/c1-2-36-21-10-8-20(9-11-21)30-25(32)22(24(31)29-27(30)35)14-18-13-19(28)7-12-23(18)37-15-16-3-5-17(6-4-16)26(33)34/h3-14H,2,15H2,1H3,(H,33,34)(H,29,31,35)/b22-14+. The minimum absolute atomic E-state index is 0.0919.